The number of aryl methyl sites for hydroxylation is 6. The number of nitrogens with zero attached hydrogens (tertiary/aromatic N) is 1. The van der Waals surface area contributed by atoms with E-state index < -0.39 is 0 Å². The van der Waals surface area contributed by atoms with Gasteiger partial charge >= 0.3 is 0 Å². The van der Waals surface area contributed by atoms with Gasteiger partial charge < -0.3 is 9.30 Å². The van der Waals surface area contributed by atoms with Gasteiger partial charge in [0.15, 0.2) is 0 Å². The maximum atomic E-state index is 7.14. The molecule has 2 aliphatic heterocycles. The van der Waals surface area contributed by atoms with Crippen LogP contribution in [-0.4, -0.2) is 11.3 Å². The standard InChI is InChI=1S/C54H42BNO/c1-31-21-33(3)51(34(4)22-31)40-18-20-49-45(27-40)55-46-28-41(38-15-11-8-12-16-38)26-44-43-25-39(37-13-9-7-10-14-37)17-19-47(43)56(54(44)46)48-29-42(30-50(57-49)53(48)55)52-35(5)23-32(2)24-36(52)6/h7-30H,1-6H3. The Hall–Kier alpha value is -6.58. The summed E-state index contributed by atoms with van der Waals surface area (Å²) in [6.45, 7) is 13.3. The van der Waals surface area contributed by atoms with Crippen molar-refractivity contribution in [2.45, 2.75) is 41.5 Å². The van der Waals surface area contributed by atoms with E-state index >= 15 is 0 Å². The number of ether oxygens (including phenoxy) is 1. The van der Waals surface area contributed by atoms with E-state index in [1.165, 1.54) is 122 Å². The zero-order valence-corrected chi connectivity index (χ0v) is 33.3. The molecule has 272 valence electrons. The van der Waals surface area contributed by atoms with Gasteiger partial charge in [-0.05, 0) is 161 Å². The molecule has 0 radical (unpaired) electrons. The van der Waals surface area contributed by atoms with Crippen molar-refractivity contribution in [1.82, 2.24) is 4.57 Å². The Kier molecular flexibility index (Phi) is 7.38. The fraction of sp³-hybridized carbons (Fsp3) is 0.111. The third-order valence-electron chi connectivity index (χ3n) is 12.5. The van der Waals surface area contributed by atoms with E-state index in [0.29, 0.717) is 0 Å². The monoisotopic (exact) mass is 731 g/mol. The predicted octanol–water partition coefficient (Wildman–Crippen LogP) is 12.2. The summed E-state index contributed by atoms with van der Waals surface area (Å²) in [5.41, 5.74) is 25.0. The SMILES string of the molecule is Cc1cc(C)c(-c2ccc3c(c2)B2c4c(cc(-c5c(C)cc(C)cc5C)cc4-n4c5ccc(-c6ccccc6)cc5c5cc(-c6ccccc6)cc2c54)O3)c(C)c1. The molecule has 0 bridgehead atoms. The average Bonchev–Trinajstić information content (AvgIpc) is 3.53. The summed E-state index contributed by atoms with van der Waals surface area (Å²) in [5.74, 6) is 1.86. The molecule has 0 saturated carbocycles. The van der Waals surface area contributed by atoms with Crippen molar-refractivity contribution < 1.29 is 4.74 Å². The first-order valence-corrected chi connectivity index (χ1v) is 20.1. The zero-order chi connectivity index (χ0) is 38.7. The molecule has 0 unspecified atom stereocenters. The number of hydrogen-bond acceptors (Lipinski definition) is 1. The van der Waals surface area contributed by atoms with Crippen LogP contribution in [0.25, 0.3) is 72.0 Å². The molecule has 0 N–H and O–H groups in total. The van der Waals surface area contributed by atoms with Crippen LogP contribution in [0.1, 0.15) is 33.4 Å². The van der Waals surface area contributed by atoms with Crippen molar-refractivity contribution >= 4 is 44.9 Å². The van der Waals surface area contributed by atoms with Crippen molar-refractivity contribution in [2.24, 2.45) is 0 Å². The van der Waals surface area contributed by atoms with Gasteiger partial charge in [0.1, 0.15) is 11.5 Å². The van der Waals surface area contributed by atoms with Gasteiger partial charge in [0.05, 0.1) is 5.52 Å². The van der Waals surface area contributed by atoms with E-state index in [9.17, 15) is 0 Å². The Morgan fingerprint density at radius 3 is 1.63 bits per heavy atom. The first-order chi connectivity index (χ1) is 27.7. The Morgan fingerprint density at radius 2 is 0.982 bits per heavy atom. The maximum Gasteiger partial charge on any atom is 0.256 e. The molecule has 57 heavy (non-hydrogen) atoms. The number of rotatable bonds is 4. The van der Waals surface area contributed by atoms with Crippen molar-refractivity contribution in [2.75, 3.05) is 0 Å². The molecule has 0 saturated heterocycles. The van der Waals surface area contributed by atoms with Crippen LogP contribution in [0.2, 0.25) is 0 Å². The summed E-state index contributed by atoms with van der Waals surface area (Å²) < 4.78 is 9.69. The lowest BCUT2D eigenvalue weighted by Crippen LogP contribution is -2.58. The van der Waals surface area contributed by atoms with Crippen molar-refractivity contribution in [3.8, 4) is 61.7 Å². The first-order valence-electron chi connectivity index (χ1n) is 20.1. The highest BCUT2D eigenvalue weighted by Gasteiger charge is 2.41. The van der Waals surface area contributed by atoms with Crippen LogP contribution in [0.15, 0.2) is 146 Å². The van der Waals surface area contributed by atoms with Crippen LogP contribution < -0.4 is 21.1 Å². The molecule has 1 aromatic heterocycles. The van der Waals surface area contributed by atoms with Crippen molar-refractivity contribution in [3.05, 3.63) is 179 Å². The van der Waals surface area contributed by atoms with E-state index in [1.54, 1.807) is 0 Å². The average molecular weight is 732 g/mol. The smallest absolute Gasteiger partial charge is 0.256 e. The van der Waals surface area contributed by atoms with Crippen LogP contribution >= 0.6 is 0 Å². The van der Waals surface area contributed by atoms with Gasteiger partial charge in [-0.15, -0.1) is 0 Å². The first kappa shape index (κ1) is 33.7. The van der Waals surface area contributed by atoms with Gasteiger partial charge in [-0.1, -0.05) is 120 Å². The molecule has 3 heterocycles. The Balaban J connectivity index is 1.27. The molecular weight excluding hydrogens is 689 g/mol. The van der Waals surface area contributed by atoms with E-state index in [1.807, 2.05) is 0 Å². The van der Waals surface area contributed by atoms with Crippen LogP contribution in [0.3, 0.4) is 0 Å². The van der Waals surface area contributed by atoms with E-state index in [2.05, 4.69) is 192 Å². The molecular formula is C54H42BNO. The summed E-state index contributed by atoms with van der Waals surface area (Å²) in [7, 11) is 0. The summed E-state index contributed by atoms with van der Waals surface area (Å²) in [6, 6.07) is 54.4. The molecule has 0 atom stereocenters. The van der Waals surface area contributed by atoms with E-state index in [0.717, 1.165) is 11.5 Å². The van der Waals surface area contributed by atoms with E-state index in [-0.39, 0.29) is 6.71 Å². The Labute approximate surface area is 335 Å². The van der Waals surface area contributed by atoms with E-state index in [4.69, 9.17) is 4.74 Å². The normalized spacial score (nSPS) is 12.5. The number of benzene rings is 8. The predicted molar refractivity (Wildman–Crippen MR) is 242 cm³/mol. The lowest BCUT2D eigenvalue weighted by molar-refractivity contribution is 0.487. The van der Waals surface area contributed by atoms with Gasteiger partial charge in [-0.2, -0.15) is 0 Å². The maximum absolute atomic E-state index is 7.14. The second-order valence-corrected chi connectivity index (χ2v) is 16.5. The Bertz CT molecular complexity index is 3110. The molecule has 0 spiro atoms. The molecule has 2 aliphatic rings. The second kappa shape index (κ2) is 12.5. The minimum absolute atomic E-state index is 0.0319. The Morgan fingerprint density at radius 1 is 0.421 bits per heavy atom. The largest absolute Gasteiger partial charge is 0.458 e. The lowest BCUT2D eigenvalue weighted by Gasteiger charge is -2.34. The van der Waals surface area contributed by atoms with Crippen molar-refractivity contribution in [1.29, 1.82) is 0 Å². The highest BCUT2D eigenvalue weighted by molar-refractivity contribution is 6.99. The molecule has 11 rings (SSSR count). The van der Waals surface area contributed by atoms with Gasteiger partial charge in [0, 0.05) is 22.0 Å². The summed E-state index contributed by atoms with van der Waals surface area (Å²) >= 11 is 0. The topological polar surface area (TPSA) is 14.2 Å². The fourth-order valence-electron chi connectivity index (χ4n) is 10.5. The van der Waals surface area contributed by atoms with Gasteiger partial charge in [0.25, 0.3) is 6.71 Å². The van der Waals surface area contributed by atoms with Gasteiger partial charge in [-0.25, -0.2) is 0 Å². The molecule has 9 aromatic rings. The third-order valence-corrected chi connectivity index (χ3v) is 12.5. The highest BCUT2D eigenvalue weighted by atomic mass is 16.5. The minimum atomic E-state index is -0.0319. The highest BCUT2D eigenvalue weighted by Crippen LogP contribution is 2.43. The van der Waals surface area contributed by atoms with Crippen LogP contribution in [0.4, 0.5) is 0 Å². The molecule has 0 amide bonds. The molecule has 8 aromatic carbocycles. The summed E-state index contributed by atoms with van der Waals surface area (Å²) in [5, 5.41) is 2.53. The summed E-state index contributed by atoms with van der Waals surface area (Å²) in [4.78, 5) is 0. The molecule has 0 fully saturated rings. The number of aromatic nitrogens is 1. The fourth-order valence-corrected chi connectivity index (χ4v) is 10.5. The third kappa shape index (κ3) is 5.11. The quantitative estimate of drug-likeness (QED) is 0.164. The number of fused-ring (bicyclic) bond motifs is 7. The molecule has 2 nitrogen and oxygen atoms in total. The molecule has 0 aliphatic carbocycles. The van der Waals surface area contributed by atoms with Gasteiger partial charge in [0.2, 0.25) is 0 Å². The number of hydrogen-bond donors (Lipinski definition) is 0. The summed E-state index contributed by atoms with van der Waals surface area (Å²) in [6.07, 6.45) is 0. The van der Waals surface area contributed by atoms with Crippen LogP contribution in [-0.2, 0) is 0 Å². The second-order valence-electron chi connectivity index (χ2n) is 16.5. The van der Waals surface area contributed by atoms with Crippen LogP contribution in [0, 0.1) is 41.5 Å². The molecule has 3 heteroatoms. The zero-order valence-electron chi connectivity index (χ0n) is 33.3. The minimum Gasteiger partial charge on any atom is -0.458 e. The lowest BCUT2D eigenvalue weighted by atomic mass is 9.34. The van der Waals surface area contributed by atoms with Crippen molar-refractivity contribution in [3.63, 3.8) is 0 Å². The van der Waals surface area contributed by atoms with Gasteiger partial charge in [-0.3, -0.25) is 0 Å². The van der Waals surface area contributed by atoms with Crippen LogP contribution in [0.5, 0.6) is 11.5 Å².